The van der Waals surface area contributed by atoms with Gasteiger partial charge in [-0.3, -0.25) is 4.98 Å². The summed E-state index contributed by atoms with van der Waals surface area (Å²) in [5.74, 6) is 1.24. The van der Waals surface area contributed by atoms with Gasteiger partial charge in [0, 0.05) is 36.9 Å². The molecule has 2 saturated carbocycles. The second kappa shape index (κ2) is 9.19. The van der Waals surface area contributed by atoms with Crippen molar-refractivity contribution < 1.29 is 9.47 Å². The van der Waals surface area contributed by atoms with Crippen molar-refractivity contribution >= 4 is 0 Å². The first-order chi connectivity index (χ1) is 16.6. The number of likely N-dealkylation sites (tertiary alicyclic amines) is 1. The molecule has 1 spiro atoms. The monoisotopic (exact) mass is 462 g/mol. The Kier molecular flexibility index (Phi) is 6.06. The second-order valence-electron chi connectivity index (χ2n) is 11.7. The molecule has 2 aliphatic heterocycles. The van der Waals surface area contributed by atoms with Gasteiger partial charge in [-0.1, -0.05) is 6.92 Å². The average Bonchev–Trinajstić information content (AvgIpc) is 3.62. The smallest absolute Gasteiger partial charge is 0.233 e. The van der Waals surface area contributed by atoms with E-state index < -0.39 is 0 Å². The van der Waals surface area contributed by atoms with Gasteiger partial charge in [-0.2, -0.15) is 0 Å². The quantitative estimate of drug-likeness (QED) is 0.585. The number of hydrogen-bond donors (Lipinski definition) is 0. The van der Waals surface area contributed by atoms with Gasteiger partial charge in [0.2, 0.25) is 5.88 Å². The molecule has 0 aromatic carbocycles. The Bertz CT molecular complexity index is 966. The van der Waals surface area contributed by atoms with Crippen molar-refractivity contribution in [3.05, 3.63) is 36.2 Å². The van der Waals surface area contributed by atoms with Crippen molar-refractivity contribution in [2.24, 2.45) is 10.8 Å². The van der Waals surface area contributed by atoms with Crippen LogP contribution in [0.1, 0.15) is 76.3 Å². The summed E-state index contributed by atoms with van der Waals surface area (Å²) in [4.78, 5) is 7.31. The molecule has 4 fully saturated rings. The van der Waals surface area contributed by atoms with E-state index in [4.69, 9.17) is 9.47 Å². The molecule has 4 aliphatic rings. The molecule has 6 nitrogen and oxygen atoms in total. The van der Waals surface area contributed by atoms with E-state index in [1.165, 1.54) is 64.6 Å². The summed E-state index contributed by atoms with van der Waals surface area (Å²) >= 11 is 0. The third kappa shape index (κ3) is 4.85. The fraction of sp³-hybridized carbons (Fsp3) is 0.679. The number of hydrogen-bond acceptors (Lipinski definition) is 6. The van der Waals surface area contributed by atoms with Crippen LogP contribution < -0.4 is 4.74 Å². The molecule has 6 heteroatoms. The van der Waals surface area contributed by atoms with Gasteiger partial charge in [0.05, 0.1) is 18.0 Å². The van der Waals surface area contributed by atoms with Gasteiger partial charge in [-0.05, 0) is 99.9 Å². The first-order valence-corrected chi connectivity index (χ1v) is 13.4. The lowest BCUT2D eigenvalue weighted by Crippen LogP contribution is -2.46. The SMILES string of the molecule is CC1(CN2CCC3(CCOC3)CC2)CCC(Oc2ccc(-c3cccnc3C3CC3)nn2)CC1. The largest absolute Gasteiger partial charge is 0.473 e. The third-order valence-electron chi connectivity index (χ3n) is 8.85. The lowest BCUT2D eigenvalue weighted by atomic mass is 9.73. The number of ether oxygens (including phenoxy) is 2. The van der Waals surface area contributed by atoms with Gasteiger partial charge in [-0.25, -0.2) is 0 Å². The highest BCUT2D eigenvalue weighted by atomic mass is 16.5. The van der Waals surface area contributed by atoms with Crippen molar-refractivity contribution in [3.63, 3.8) is 0 Å². The molecule has 2 aromatic heterocycles. The summed E-state index contributed by atoms with van der Waals surface area (Å²) in [5, 5.41) is 8.91. The molecule has 0 bridgehead atoms. The zero-order valence-corrected chi connectivity index (χ0v) is 20.5. The molecule has 2 aromatic rings. The van der Waals surface area contributed by atoms with E-state index in [0.717, 1.165) is 43.0 Å². The Morgan fingerprint density at radius 1 is 1.00 bits per heavy atom. The number of piperidine rings is 1. The van der Waals surface area contributed by atoms with E-state index in [1.807, 2.05) is 24.4 Å². The Morgan fingerprint density at radius 2 is 1.82 bits per heavy atom. The molecule has 4 heterocycles. The molecule has 0 atom stereocenters. The van der Waals surface area contributed by atoms with E-state index in [-0.39, 0.29) is 6.10 Å². The van der Waals surface area contributed by atoms with E-state index in [1.54, 1.807) is 0 Å². The van der Waals surface area contributed by atoms with E-state index >= 15 is 0 Å². The van der Waals surface area contributed by atoms with Crippen molar-refractivity contribution in [2.75, 3.05) is 32.8 Å². The number of nitrogens with zero attached hydrogens (tertiary/aromatic N) is 4. The van der Waals surface area contributed by atoms with E-state index in [2.05, 4.69) is 33.1 Å². The van der Waals surface area contributed by atoms with Crippen LogP contribution in [0.3, 0.4) is 0 Å². The first-order valence-electron chi connectivity index (χ1n) is 13.4. The molecule has 6 rings (SSSR count). The normalized spacial score (nSPS) is 29.4. The van der Waals surface area contributed by atoms with Crippen LogP contribution in [0.5, 0.6) is 5.88 Å². The minimum atomic E-state index is 0.244. The summed E-state index contributed by atoms with van der Waals surface area (Å²) in [6, 6.07) is 8.11. The van der Waals surface area contributed by atoms with E-state index in [0.29, 0.717) is 22.6 Å². The van der Waals surface area contributed by atoms with Crippen LogP contribution in [0.25, 0.3) is 11.3 Å². The molecule has 2 saturated heterocycles. The topological polar surface area (TPSA) is 60.4 Å². The van der Waals surface area contributed by atoms with Gasteiger partial charge >= 0.3 is 0 Å². The standard InChI is InChI=1S/C28H38N4O2/c1-27(19-32-16-12-28(13-17-32)14-18-33-20-28)10-8-22(9-11-27)34-25-7-6-24(30-31-25)23-3-2-15-29-26(23)21-4-5-21/h2-3,6-7,15,21-22H,4-5,8-14,16-20H2,1H3. The van der Waals surface area contributed by atoms with Crippen LogP contribution in [0.15, 0.2) is 30.5 Å². The summed E-state index contributed by atoms with van der Waals surface area (Å²) in [5.41, 5.74) is 4.06. The van der Waals surface area contributed by atoms with Crippen LogP contribution >= 0.6 is 0 Å². The van der Waals surface area contributed by atoms with Crippen molar-refractivity contribution in [1.29, 1.82) is 0 Å². The second-order valence-corrected chi connectivity index (χ2v) is 11.7. The summed E-state index contributed by atoms with van der Waals surface area (Å²) in [7, 11) is 0. The zero-order chi connectivity index (χ0) is 23.0. The zero-order valence-electron chi connectivity index (χ0n) is 20.5. The molecule has 0 N–H and O–H groups in total. The number of aromatic nitrogens is 3. The maximum Gasteiger partial charge on any atom is 0.233 e. The van der Waals surface area contributed by atoms with Gasteiger partial charge in [0.1, 0.15) is 6.10 Å². The highest BCUT2D eigenvalue weighted by molar-refractivity contribution is 5.62. The van der Waals surface area contributed by atoms with Crippen LogP contribution in [-0.2, 0) is 4.74 Å². The average molecular weight is 463 g/mol. The molecular formula is C28H38N4O2. The fourth-order valence-electron chi connectivity index (χ4n) is 6.35. The molecule has 0 amide bonds. The highest BCUT2D eigenvalue weighted by Crippen LogP contribution is 2.44. The summed E-state index contributed by atoms with van der Waals surface area (Å²) in [6.45, 7) is 8.13. The fourth-order valence-corrected chi connectivity index (χ4v) is 6.35. The van der Waals surface area contributed by atoms with Gasteiger partial charge < -0.3 is 14.4 Å². The molecular weight excluding hydrogens is 424 g/mol. The summed E-state index contributed by atoms with van der Waals surface area (Å²) in [6.07, 6.45) is 13.1. The van der Waals surface area contributed by atoms with E-state index in [9.17, 15) is 0 Å². The Morgan fingerprint density at radius 3 is 2.50 bits per heavy atom. The Labute approximate surface area is 203 Å². The lowest BCUT2D eigenvalue weighted by Gasteiger charge is -2.44. The van der Waals surface area contributed by atoms with Gasteiger partial charge in [0.15, 0.2) is 0 Å². The predicted molar refractivity (Wildman–Crippen MR) is 132 cm³/mol. The highest BCUT2D eigenvalue weighted by Gasteiger charge is 2.40. The minimum Gasteiger partial charge on any atom is -0.473 e. The van der Waals surface area contributed by atoms with Crippen molar-refractivity contribution in [1.82, 2.24) is 20.1 Å². The maximum atomic E-state index is 6.27. The van der Waals surface area contributed by atoms with Crippen LogP contribution in [0.4, 0.5) is 0 Å². The summed E-state index contributed by atoms with van der Waals surface area (Å²) < 4.78 is 12.0. The predicted octanol–water partition coefficient (Wildman–Crippen LogP) is 5.25. The molecule has 0 radical (unpaired) electrons. The van der Waals surface area contributed by atoms with Gasteiger partial charge in [0.25, 0.3) is 0 Å². The third-order valence-corrected chi connectivity index (χ3v) is 8.85. The van der Waals surface area contributed by atoms with Crippen LogP contribution in [0, 0.1) is 10.8 Å². The van der Waals surface area contributed by atoms with Crippen molar-refractivity contribution in [3.8, 4) is 17.1 Å². The molecule has 34 heavy (non-hydrogen) atoms. The van der Waals surface area contributed by atoms with Crippen LogP contribution in [-0.4, -0.2) is 59.0 Å². The molecule has 182 valence electrons. The number of rotatable bonds is 6. The molecule has 2 aliphatic carbocycles. The lowest BCUT2D eigenvalue weighted by molar-refractivity contribution is 0.0269. The molecule has 0 unspecified atom stereocenters. The Balaban J connectivity index is 1.00. The van der Waals surface area contributed by atoms with Crippen LogP contribution in [0.2, 0.25) is 0 Å². The first kappa shape index (κ1) is 22.4. The van der Waals surface area contributed by atoms with Gasteiger partial charge in [-0.15, -0.1) is 10.2 Å². The Hall–Kier alpha value is -2.05. The number of pyridine rings is 1. The maximum absolute atomic E-state index is 6.27. The minimum absolute atomic E-state index is 0.244. The van der Waals surface area contributed by atoms with Crippen molar-refractivity contribution in [2.45, 2.75) is 76.7 Å².